The molecule has 0 heterocycles. The summed E-state index contributed by atoms with van der Waals surface area (Å²) >= 11 is 0. The van der Waals surface area contributed by atoms with Crippen LogP contribution in [-0.4, -0.2) is 28.1 Å². The number of hydrogen-bond acceptors (Lipinski definition) is 4. The van der Waals surface area contributed by atoms with Crippen molar-refractivity contribution < 1.29 is 13.9 Å². The molecule has 1 spiro atoms. The largest absolute Gasteiger partial charge is 0.491 e. The number of aryl methyl sites for hydroxylation is 2. The van der Waals surface area contributed by atoms with Gasteiger partial charge in [0.15, 0.2) is 8.32 Å². The fraction of sp³-hybridized carbons (Fsp3) is 0.500. The molecule has 2 aliphatic rings. The van der Waals surface area contributed by atoms with Crippen LogP contribution in [0.2, 0.25) is 18.1 Å². The maximum absolute atomic E-state index is 6.37. The minimum absolute atomic E-state index is 0.202. The highest BCUT2D eigenvalue weighted by Gasteiger charge is 2.53. The van der Waals surface area contributed by atoms with Crippen molar-refractivity contribution in [3.63, 3.8) is 0 Å². The third kappa shape index (κ3) is 6.00. The molecule has 2 N–H and O–H groups in total. The Morgan fingerprint density at radius 2 is 1.61 bits per heavy atom. The standard InChI is InChI=1S/C36H49NO3Si/c1-24-18-30(38-16-17-40-41(7,8)35(4,5)6)19-25(2)34(24)31-11-9-10-27(26(31)3)23-39-29-12-13-32-28(20-29)21-36(14-15-36)33(32)22-37/h9-13,18-20,33H,14-17,21-23,37H2,1-8H3. The van der Waals surface area contributed by atoms with E-state index in [1.165, 1.54) is 57.3 Å². The molecule has 0 amide bonds. The van der Waals surface area contributed by atoms with Crippen LogP contribution in [0.5, 0.6) is 11.5 Å². The third-order valence-electron chi connectivity index (χ3n) is 10.1. The number of hydrogen-bond donors (Lipinski definition) is 1. The van der Waals surface area contributed by atoms with Crippen molar-refractivity contribution >= 4 is 8.32 Å². The molecule has 1 fully saturated rings. The van der Waals surface area contributed by atoms with Crippen molar-refractivity contribution in [3.05, 3.63) is 81.9 Å². The normalized spacial score (nSPS) is 17.5. The fourth-order valence-electron chi connectivity index (χ4n) is 6.44. The topological polar surface area (TPSA) is 53.7 Å². The van der Waals surface area contributed by atoms with Crippen LogP contribution in [0.25, 0.3) is 11.1 Å². The highest BCUT2D eigenvalue weighted by molar-refractivity contribution is 6.74. The van der Waals surface area contributed by atoms with Gasteiger partial charge in [-0.05, 0) is 139 Å². The predicted octanol–water partition coefficient (Wildman–Crippen LogP) is 8.64. The molecular formula is C36H49NO3Si. The fourth-order valence-corrected chi connectivity index (χ4v) is 7.46. The van der Waals surface area contributed by atoms with E-state index in [-0.39, 0.29) is 5.04 Å². The van der Waals surface area contributed by atoms with Gasteiger partial charge in [0.2, 0.25) is 0 Å². The Morgan fingerprint density at radius 3 is 2.24 bits per heavy atom. The minimum atomic E-state index is -1.77. The van der Waals surface area contributed by atoms with E-state index >= 15 is 0 Å². The van der Waals surface area contributed by atoms with Crippen molar-refractivity contribution in [2.45, 2.75) is 91.5 Å². The average Bonchev–Trinajstić information content (AvgIpc) is 3.59. The van der Waals surface area contributed by atoms with E-state index in [4.69, 9.17) is 19.6 Å². The summed E-state index contributed by atoms with van der Waals surface area (Å²) in [5.74, 6) is 2.37. The summed E-state index contributed by atoms with van der Waals surface area (Å²) in [5.41, 5.74) is 16.9. The first kappa shape index (κ1) is 29.9. The molecule has 5 rings (SSSR count). The highest BCUT2D eigenvalue weighted by atomic mass is 28.4. The first-order valence-corrected chi connectivity index (χ1v) is 18.2. The molecule has 0 aromatic heterocycles. The average molecular weight is 572 g/mol. The summed E-state index contributed by atoms with van der Waals surface area (Å²) < 4.78 is 18.8. The van der Waals surface area contributed by atoms with E-state index in [9.17, 15) is 0 Å². The van der Waals surface area contributed by atoms with Gasteiger partial charge in [-0.25, -0.2) is 0 Å². The molecule has 5 heteroatoms. The molecule has 4 nitrogen and oxygen atoms in total. The van der Waals surface area contributed by atoms with E-state index < -0.39 is 8.32 Å². The molecule has 220 valence electrons. The van der Waals surface area contributed by atoms with Gasteiger partial charge in [-0.1, -0.05) is 45.0 Å². The molecule has 2 aliphatic carbocycles. The van der Waals surface area contributed by atoms with Gasteiger partial charge >= 0.3 is 0 Å². The van der Waals surface area contributed by atoms with Crippen molar-refractivity contribution in [2.24, 2.45) is 11.1 Å². The van der Waals surface area contributed by atoms with Crippen LogP contribution >= 0.6 is 0 Å². The second kappa shape index (κ2) is 11.2. The van der Waals surface area contributed by atoms with Crippen LogP contribution < -0.4 is 15.2 Å². The molecule has 0 saturated heterocycles. The maximum atomic E-state index is 6.37. The Morgan fingerprint density at radius 1 is 0.902 bits per heavy atom. The van der Waals surface area contributed by atoms with Crippen LogP contribution in [-0.2, 0) is 17.5 Å². The molecule has 0 aliphatic heterocycles. The number of fused-ring (bicyclic) bond motifs is 1. The summed E-state index contributed by atoms with van der Waals surface area (Å²) in [7, 11) is -1.77. The zero-order chi connectivity index (χ0) is 29.6. The Labute approximate surface area is 248 Å². The number of nitrogens with two attached hydrogens (primary N) is 1. The first-order chi connectivity index (χ1) is 19.3. The smallest absolute Gasteiger partial charge is 0.192 e. The molecule has 3 aromatic carbocycles. The van der Waals surface area contributed by atoms with Crippen molar-refractivity contribution in [2.75, 3.05) is 19.8 Å². The van der Waals surface area contributed by atoms with E-state index in [2.05, 4.69) is 103 Å². The lowest BCUT2D eigenvalue weighted by Crippen LogP contribution is -2.41. The Hall–Kier alpha value is -2.60. The van der Waals surface area contributed by atoms with Crippen molar-refractivity contribution in [1.82, 2.24) is 0 Å². The van der Waals surface area contributed by atoms with Crippen molar-refractivity contribution in [1.29, 1.82) is 0 Å². The summed E-state index contributed by atoms with van der Waals surface area (Å²) in [5, 5.41) is 0.202. The Kier molecular flexibility index (Phi) is 8.19. The summed E-state index contributed by atoms with van der Waals surface area (Å²) in [6.07, 6.45) is 3.77. The van der Waals surface area contributed by atoms with E-state index in [0.717, 1.165) is 24.5 Å². The van der Waals surface area contributed by atoms with Gasteiger partial charge in [0, 0.05) is 5.92 Å². The lowest BCUT2D eigenvalue weighted by Gasteiger charge is -2.36. The number of ether oxygens (including phenoxy) is 2. The monoisotopic (exact) mass is 571 g/mol. The van der Waals surface area contributed by atoms with Gasteiger partial charge in [0.1, 0.15) is 24.7 Å². The lowest BCUT2D eigenvalue weighted by atomic mass is 9.90. The lowest BCUT2D eigenvalue weighted by molar-refractivity contribution is 0.203. The molecule has 1 unspecified atom stereocenters. The summed E-state index contributed by atoms with van der Waals surface area (Å²) in [4.78, 5) is 0. The SMILES string of the molecule is Cc1cc(OCCO[Si](C)(C)C(C)(C)C)cc(C)c1-c1cccc(COc2ccc3c(c2)CC2(CC2)C3CN)c1C. The van der Waals surface area contributed by atoms with Crippen LogP contribution in [0, 0.1) is 26.2 Å². The van der Waals surface area contributed by atoms with Crippen molar-refractivity contribution in [3.8, 4) is 22.6 Å². The van der Waals surface area contributed by atoms with Crippen LogP contribution in [0.15, 0.2) is 48.5 Å². The van der Waals surface area contributed by atoms with Crippen LogP contribution in [0.4, 0.5) is 0 Å². The van der Waals surface area contributed by atoms with Gasteiger partial charge in [-0.3, -0.25) is 0 Å². The summed E-state index contributed by atoms with van der Waals surface area (Å²) in [6, 6.07) is 17.5. The zero-order valence-corrected chi connectivity index (χ0v) is 27.4. The molecule has 1 atom stereocenters. The van der Waals surface area contributed by atoms with Gasteiger partial charge < -0.3 is 19.6 Å². The van der Waals surface area contributed by atoms with E-state index in [1.54, 1.807) is 0 Å². The number of benzene rings is 3. The van der Waals surface area contributed by atoms with Gasteiger partial charge in [0.05, 0.1) is 6.61 Å². The van der Waals surface area contributed by atoms with Gasteiger partial charge in [0.25, 0.3) is 0 Å². The molecular weight excluding hydrogens is 522 g/mol. The Bertz CT molecular complexity index is 1390. The summed E-state index contributed by atoms with van der Waals surface area (Å²) in [6.45, 7) is 20.4. The second-order valence-electron chi connectivity index (χ2n) is 14.0. The Balaban J connectivity index is 1.25. The molecule has 0 radical (unpaired) electrons. The quantitative estimate of drug-likeness (QED) is 0.195. The predicted molar refractivity (Wildman–Crippen MR) is 173 cm³/mol. The molecule has 0 bridgehead atoms. The highest BCUT2D eigenvalue weighted by Crippen LogP contribution is 2.62. The van der Waals surface area contributed by atoms with Gasteiger partial charge in [-0.2, -0.15) is 0 Å². The van der Waals surface area contributed by atoms with Gasteiger partial charge in [-0.15, -0.1) is 0 Å². The van der Waals surface area contributed by atoms with Crippen LogP contribution in [0.1, 0.15) is 72.9 Å². The first-order valence-electron chi connectivity index (χ1n) is 15.3. The third-order valence-corrected chi connectivity index (χ3v) is 14.7. The van der Waals surface area contributed by atoms with E-state index in [1.807, 2.05) is 0 Å². The van der Waals surface area contributed by atoms with Crippen LogP contribution in [0.3, 0.4) is 0 Å². The maximum Gasteiger partial charge on any atom is 0.192 e. The minimum Gasteiger partial charge on any atom is -0.491 e. The number of rotatable bonds is 10. The van der Waals surface area contributed by atoms with E-state index in [0.29, 0.717) is 31.2 Å². The molecule has 3 aromatic rings. The molecule has 1 saturated carbocycles. The second-order valence-corrected chi connectivity index (χ2v) is 18.8. The molecule has 41 heavy (non-hydrogen) atoms. The zero-order valence-electron chi connectivity index (χ0n) is 26.4.